The first-order valence-electron chi connectivity index (χ1n) is 11.5. The predicted octanol–water partition coefficient (Wildman–Crippen LogP) is 6.59. The molecule has 0 amide bonds. The van der Waals surface area contributed by atoms with Crippen LogP contribution in [0.4, 0.5) is 0 Å². The van der Waals surface area contributed by atoms with Crippen molar-refractivity contribution in [1.29, 1.82) is 0 Å². The van der Waals surface area contributed by atoms with Crippen molar-refractivity contribution < 1.29 is 19.1 Å². The monoisotopic (exact) mass is 438 g/mol. The lowest BCUT2D eigenvalue weighted by molar-refractivity contribution is 0.0924. The van der Waals surface area contributed by atoms with E-state index >= 15 is 0 Å². The Morgan fingerprint density at radius 2 is 2.00 bits per heavy atom. The summed E-state index contributed by atoms with van der Waals surface area (Å²) in [4.78, 5) is 25.6. The van der Waals surface area contributed by atoms with E-state index in [0.717, 1.165) is 24.8 Å². The Kier molecular flexibility index (Phi) is 6.97. The van der Waals surface area contributed by atoms with Crippen LogP contribution in [0.5, 0.6) is 11.5 Å². The SMILES string of the molecule is CCCc1cc(=O)oc2c(C(=O)C(C)CC)c(O)c3c(c12)OC(C)(CCC=C(C)C)C=C3. The van der Waals surface area contributed by atoms with E-state index in [1.165, 1.54) is 11.6 Å². The lowest BCUT2D eigenvalue weighted by Gasteiger charge is -2.33. The molecule has 0 spiro atoms. The van der Waals surface area contributed by atoms with Gasteiger partial charge in [0.15, 0.2) is 11.4 Å². The first-order valence-corrected chi connectivity index (χ1v) is 11.5. The highest BCUT2D eigenvalue weighted by atomic mass is 16.5. The van der Waals surface area contributed by atoms with E-state index in [9.17, 15) is 14.7 Å². The van der Waals surface area contributed by atoms with Crippen LogP contribution in [0.2, 0.25) is 0 Å². The van der Waals surface area contributed by atoms with Crippen LogP contribution >= 0.6 is 0 Å². The quantitative estimate of drug-likeness (QED) is 0.286. The fourth-order valence-electron chi connectivity index (χ4n) is 4.15. The van der Waals surface area contributed by atoms with Crippen LogP contribution in [0.1, 0.15) is 88.7 Å². The minimum Gasteiger partial charge on any atom is -0.506 e. The van der Waals surface area contributed by atoms with E-state index in [1.54, 1.807) is 0 Å². The predicted molar refractivity (Wildman–Crippen MR) is 129 cm³/mol. The van der Waals surface area contributed by atoms with E-state index in [0.29, 0.717) is 29.5 Å². The van der Waals surface area contributed by atoms with Crippen LogP contribution in [0.25, 0.3) is 17.0 Å². The Hall–Kier alpha value is -2.82. The second-order valence-corrected chi connectivity index (χ2v) is 9.25. The number of carbonyl (C=O) groups is 1. The molecule has 0 saturated heterocycles. The summed E-state index contributed by atoms with van der Waals surface area (Å²) in [5.41, 5.74) is 1.58. The maximum Gasteiger partial charge on any atom is 0.336 e. The molecule has 1 N–H and O–H groups in total. The normalized spacial score (nSPS) is 18.2. The number of hydrogen-bond donors (Lipinski definition) is 1. The van der Waals surface area contributed by atoms with Crippen LogP contribution < -0.4 is 10.4 Å². The summed E-state index contributed by atoms with van der Waals surface area (Å²) >= 11 is 0. The molecule has 2 unspecified atom stereocenters. The number of allylic oxidation sites excluding steroid dienone is 2. The lowest BCUT2D eigenvalue weighted by Crippen LogP contribution is -2.32. The highest BCUT2D eigenvalue weighted by molar-refractivity contribution is 6.13. The lowest BCUT2D eigenvalue weighted by atomic mass is 9.88. The van der Waals surface area contributed by atoms with Gasteiger partial charge in [0.2, 0.25) is 0 Å². The molecule has 2 heterocycles. The number of Topliss-reactive ketones (excluding diaryl/α,β-unsaturated/α-hetero) is 1. The molecule has 0 aliphatic carbocycles. The Morgan fingerprint density at radius 3 is 2.62 bits per heavy atom. The standard InChI is InChI=1S/C27H34O5/c1-7-10-18-15-20(28)31-26-21(18)25-19(24(30)22(26)23(29)17(5)8-2)12-14-27(6,32-25)13-9-11-16(3)4/h11-12,14-15,17,30H,7-10,13H2,1-6H3. The molecule has 1 aliphatic heterocycles. The van der Waals surface area contributed by atoms with Crippen LogP contribution in [0.3, 0.4) is 0 Å². The highest BCUT2D eigenvalue weighted by Crippen LogP contribution is 2.47. The molecule has 3 rings (SSSR count). The van der Waals surface area contributed by atoms with Gasteiger partial charge in [0.05, 0.1) is 10.9 Å². The van der Waals surface area contributed by atoms with Crippen molar-refractivity contribution in [1.82, 2.24) is 0 Å². The summed E-state index contributed by atoms with van der Waals surface area (Å²) in [5.74, 6) is -0.255. The number of phenolic OH excluding ortho intramolecular Hbond substituents is 1. The van der Waals surface area contributed by atoms with Crippen molar-refractivity contribution in [2.45, 2.75) is 79.2 Å². The van der Waals surface area contributed by atoms with E-state index < -0.39 is 11.2 Å². The van der Waals surface area contributed by atoms with Crippen LogP contribution in [0.15, 0.2) is 33.0 Å². The fraction of sp³-hybridized carbons (Fsp3) is 0.481. The van der Waals surface area contributed by atoms with E-state index in [2.05, 4.69) is 19.9 Å². The van der Waals surface area contributed by atoms with Gasteiger partial charge < -0.3 is 14.3 Å². The Morgan fingerprint density at radius 1 is 1.28 bits per heavy atom. The number of benzene rings is 1. The number of rotatable bonds is 8. The summed E-state index contributed by atoms with van der Waals surface area (Å²) in [6.07, 6.45) is 9.62. The van der Waals surface area contributed by atoms with Crippen molar-refractivity contribution in [2.75, 3.05) is 0 Å². The third-order valence-corrected chi connectivity index (χ3v) is 6.19. The van der Waals surface area contributed by atoms with Gasteiger partial charge in [-0.05, 0) is 64.2 Å². The fourth-order valence-corrected chi connectivity index (χ4v) is 4.15. The number of aromatic hydroxyl groups is 1. The van der Waals surface area contributed by atoms with Crippen molar-refractivity contribution >= 4 is 22.8 Å². The third-order valence-electron chi connectivity index (χ3n) is 6.19. The molecular formula is C27H34O5. The van der Waals surface area contributed by atoms with Gasteiger partial charge in [-0.2, -0.15) is 0 Å². The van der Waals surface area contributed by atoms with E-state index in [-0.39, 0.29) is 28.6 Å². The molecule has 0 radical (unpaired) electrons. The molecule has 0 saturated carbocycles. The summed E-state index contributed by atoms with van der Waals surface area (Å²) in [6, 6.07) is 1.48. The highest BCUT2D eigenvalue weighted by Gasteiger charge is 2.34. The Balaban J connectivity index is 2.30. The van der Waals surface area contributed by atoms with Crippen molar-refractivity contribution in [3.05, 3.63) is 50.9 Å². The average molecular weight is 439 g/mol. The molecule has 2 atom stereocenters. The van der Waals surface area contributed by atoms with E-state index in [4.69, 9.17) is 9.15 Å². The number of carbonyl (C=O) groups excluding carboxylic acids is 1. The number of phenols is 1. The van der Waals surface area contributed by atoms with Gasteiger partial charge in [-0.1, -0.05) is 38.8 Å². The second kappa shape index (κ2) is 9.35. The number of aryl methyl sites for hydroxylation is 1. The number of hydrogen-bond acceptors (Lipinski definition) is 5. The smallest absolute Gasteiger partial charge is 0.336 e. The molecule has 0 bridgehead atoms. The minimum absolute atomic E-state index is 0.0737. The zero-order valence-corrected chi connectivity index (χ0v) is 20.0. The molecule has 32 heavy (non-hydrogen) atoms. The summed E-state index contributed by atoms with van der Waals surface area (Å²) < 4.78 is 12.1. The molecule has 1 aromatic heterocycles. The van der Waals surface area contributed by atoms with Crippen LogP contribution in [-0.4, -0.2) is 16.5 Å². The third kappa shape index (κ3) is 4.52. The molecule has 1 aromatic carbocycles. The van der Waals surface area contributed by atoms with Crippen molar-refractivity contribution in [3.63, 3.8) is 0 Å². The van der Waals surface area contributed by atoms with E-state index in [1.807, 2.05) is 39.8 Å². The largest absolute Gasteiger partial charge is 0.506 e. The Labute approximate surface area is 189 Å². The number of ether oxygens (including phenoxy) is 1. The number of ketones is 1. The maximum atomic E-state index is 13.2. The van der Waals surface area contributed by atoms with Crippen LogP contribution in [0, 0.1) is 5.92 Å². The second-order valence-electron chi connectivity index (χ2n) is 9.25. The van der Waals surface area contributed by atoms with Crippen LogP contribution in [-0.2, 0) is 6.42 Å². The minimum atomic E-state index is -0.583. The topological polar surface area (TPSA) is 76.7 Å². The van der Waals surface area contributed by atoms with Gasteiger partial charge in [0, 0.05) is 12.0 Å². The molecular weight excluding hydrogens is 404 g/mol. The van der Waals surface area contributed by atoms with Gasteiger partial charge >= 0.3 is 5.63 Å². The van der Waals surface area contributed by atoms with Crippen molar-refractivity contribution in [2.24, 2.45) is 5.92 Å². The number of fused-ring (bicyclic) bond motifs is 3. The molecule has 0 fully saturated rings. The molecule has 1 aliphatic rings. The summed E-state index contributed by atoms with van der Waals surface area (Å²) in [5, 5.41) is 11.8. The maximum absolute atomic E-state index is 13.2. The molecule has 5 nitrogen and oxygen atoms in total. The Bertz CT molecular complexity index is 1150. The average Bonchev–Trinajstić information content (AvgIpc) is 2.72. The molecule has 2 aromatic rings. The zero-order valence-electron chi connectivity index (χ0n) is 20.0. The van der Waals surface area contributed by atoms with Gasteiger partial charge in [0.1, 0.15) is 22.7 Å². The van der Waals surface area contributed by atoms with Gasteiger partial charge in [-0.25, -0.2) is 4.79 Å². The zero-order chi connectivity index (χ0) is 23.6. The molecule has 172 valence electrons. The summed E-state index contributed by atoms with van der Waals surface area (Å²) in [6.45, 7) is 11.9. The van der Waals surface area contributed by atoms with Crippen molar-refractivity contribution in [3.8, 4) is 11.5 Å². The molecule has 5 heteroatoms. The first kappa shape index (κ1) is 23.8. The summed E-state index contributed by atoms with van der Waals surface area (Å²) in [7, 11) is 0. The van der Waals surface area contributed by atoms with Gasteiger partial charge in [-0.3, -0.25) is 4.79 Å². The van der Waals surface area contributed by atoms with Gasteiger partial charge in [0.25, 0.3) is 0 Å². The first-order chi connectivity index (χ1) is 15.1. The van der Waals surface area contributed by atoms with Gasteiger partial charge in [-0.15, -0.1) is 0 Å².